The van der Waals surface area contributed by atoms with E-state index >= 15 is 0 Å². The van der Waals surface area contributed by atoms with Crippen LogP contribution in [0.25, 0.3) is 0 Å². The largest absolute Gasteiger partial charge is 1.00 e. The highest BCUT2D eigenvalue weighted by Crippen LogP contribution is 2.10. The summed E-state index contributed by atoms with van der Waals surface area (Å²) in [6.45, 7) is 9.05. The molecule has 0 spiro atoms. The number of unbranched alkanes of at least 4 members (excludes halogenated alkanes) is 9. The molecule has 7 heteroatoms. The summed E-state index contributed by atoms with van der Waals surface area (Å²) in [5.41, 5.74) is 0.333. The second kappa shape index (κ2) is 19.1. The van der Waals surface area contributed by atoms with Gasteiger partial charge in [0.2, 0.25) is 6.33 Å². The summed E-state index contributed by atoms with van der Waals surface area (Å²) in [4.78, 5) is 23.0. The zero-order chi connectivity index (χ0) is 22.0. The second-order valence-electron chi connectivity index (χ2n) is 7.96. The van der Waals surface area contributed by atoms with Crippen molar-refractivity contribution < 1.29 is 40.6 Å². The van der Waals surface area contributed by atoms with Crippen LogP contribution in [0.5, 0.6) is 0 Å². The maximum atomic E-state index is 11.8. The molecule has 1 heterocycles. The lowest BCUT2D eigenvalue weighted by Crippen LogP contribution is -3.00. The zero-order valence-corrected chi connectivity index (χ0v) is 21.0. The average molecular weight is 502 g/mol. The van der Waals surface area contributed by atoms with Crippen molar-refractivity contribution in [2.24, 2.45) is 0 Å². The molecule has 0 fully saturated rings. The summed E-state index contributed by atoms with van der Waals surface area (Å²) in [5.74, 6) is -0.762. The lowest BCUT2D eigenvalue weighted by Gasteiger charge is -2.05. The van der Waals surface area contributed by atoms with E-state index in [0.29, 0.717) is 18.5 Å². The van der Waals surface area contributed by atoms with Crippen LogP contribution in [-0.2, 0) is 32.2 Å². The number of rotatable bonds is 18. The summed E-state index contributed by atoms with van der Waals surface area (Å²) in [5, 5.41) is 0. The van der Waals surface area contributed by atoms with Gasteiger partial charge in [-0.25, -0.2) is 13.9 Å². The summed E-state index contributed by atoms with van der Waals surface area (Å²) in [6, 6.07) is 0. The molecule has 0 aliphatic rings. The van der Waals surface area contributed by atoms with Crippen molar-refractivity contribution in [1.29, 1.82) is 0 Å². The fraction of sp³-hybridized carbons (Fsp3) is 0.708. The van der Waals surface area contributed by atoms with E-state index in [2.05, 4.69) is 24.3 Å². The van der Waals surface area contributed by atoms with Gasteiger partial charge in [0.05, 0.1) is 13.0 Å². The average Bonchev–Trinajstić information content (AvgIpc) is 3.18. The Morgan fingerprint density at radius 3 is 2.13 bits per heavy atom. The predicted molar refractivity (Wildman–Crippen MR) is 118 cm³/mol. The van der Waals surface area contributed by atoms with E-state index < -0.39 is 5.97 Å². The summed E-state index contributed by atoms with van der Waals surface area (Å²) < 4.78 is 14.1. The molecule has 0 unspecified atom stereocenters. The van der Waals surface area contributed by atoms with E-state index in [1.54, 1.807) is 6.92 Å². The minimum absolute atomic E-state index is 0. The van der Waals surface area contributed by atoms with E-state index in [-0.39, 0.29) is 36.2 Å². The van der Waals surface area contributed by atoms with Crippen LogP contribution >= 0.6 is 0 Å². The monoisotopic (exact) mass is 500 g/mol. The van der Waals surface area contributed by atoms with Crippen LogP contribution in [0.15, 0.2) is 30.9 Å². The number of carbonyl (C=O) groups is 2. The van der Waals surface area contributed by atoms with Crippen LogP contribution in [-0.4, -0.2) is 29.7 Å². The summed E-state index contributed by atoms with van der Waals surface area (Å²) in [6.07, 6.45) is 19.8. The topological polar surface area (TPSA) is 61.4 Å². The first-order valence-electron chi connectivity index (χ1n) is 11.6. The van der Waals surface area contributed by atoms with Crippen LogP contribution in [0.2, 0.25) is 0 Å². The number of ether oxygens (including phenoxy) is 2. The number of hydrogen-bond acceptors (Lipinski definition) is 4. The van der Waals surface area contributed by atoms with Gasteiger partial charge in [-0.1, -0.05) is 64.9 Å². The van der Waals surface area contributed by atoms with Gasteiger partial charge in [-0.05, 0) is 19.8 Å². The zero-order valence-electron chi connectivity index (χ0n) is 19.5. The van der Waals surface area contributed by atoms with Crippen molar-refractivity contribution in [3.8, 4) is 0 Å². The minimum atomic E-state index is -0.467. The Morgan fingerprint density at radius 1 is 0.935 bits per heavy atom. The molecule has 0 aliphatic heterocycles. The highest BCUT2D eigenvalue weighted by Gasteiger charge is 2.09. The van der Waals surface area contributed by atoms with Gasteiger partial charge in [-0.2, -0.15) is 0 Å². The molecule has 0 atom stereocenters. The number of hydrogen-bond donors (Lipinski definition) is 0. The summed E-state index contributed by atoms with van der Waals surface area (Å²) in [7, 11) is 0. The molecule has 0 amide bonds. The van der Waals surface area contributed by atoms with E-state index in [1.165, 1.54) is 64.2 Å². The minimum Gasteiger partial charge on any atom is -1.00 e. The third-order valence-corrected chi connectivity index (χ3v) is 5.02. The van der Waals surface area contributed by atoms with E-state index in [4.69, 9.17) is 9.47 Å². The number of imidazole rings is 1. The Labute approximate surface area is 198 Å². The first kappa shape index (κ1) is 29.4. The van der Waals surface area contributed by atoms with Gasteiger partial charge in [-0.3, -0.25) is 4.79 Å². The van der Waals surface area contributed by atoms with Gasteiger partial charge in [0.25, 0.3) is 0 Å². The molecule has 0 aliphatic carbocycles. The third kappa shape index (κ3) is 15.8. The van der Waals surface area contributed by atoms with Crippen LogP contribution in [0.1, 0.15) is 84.5 Å². The molecule has 6 nitrogen and oxygen atoms in total. The first-order chi connectivity index (χ1) is 14.5. The molecule has 31 heavy (non-hydrogen) atoms. The van der Waals surface area contributed by atoms with Crippen molar-refractivity contribution in [3.63, 3.8) is 0 Å². The van der Waals surface area contributed by atoms with Crippen molar-refractivity contribution in [2.75, 3.05) is 13.2 Å². The smallest absolute Gasteiger partial charge is 0.333 e. The molecule has 0 saturated carbocycles. The molecular formula is C24H41BrN2O4. The molecule has 1 aromatic heterocycles. The Balaban J connectivity index is 0.00000900. The summed E-state index contributed by atoms with van der Waals surface area (Å²) >= 11 is 0. The predicted octanol–water partition coefficient (Wildman–Crippen LogP) is 1.75. The molecule has 178 valence electrons. The number of halogens is 1. The first-order valence-corrected chi connectivity index (χ1v) is 11.6. The van der Waals surface area contributed by atoms with Crippen LogP contribution < -0.4 is 21.5 Å². The van der Waals surface area contributed by atoms with Crippen molar-refractivity contribution in [1.82, 2.24) is 4.57 Å². The quantitative estimate of drug-likeness (QED) is 0.133. The van der Waals surface area contributed by atoms with E-state index in [0.717, 1.165) is 6.54 Å². The number of aromatic nitrogens is 2. The number of esters is 2. The molecular weight excluding hydrogens is 460 g/mol. The van der Waals surface area contributed by atoms with Crippen LogP contribution in [0.3, 0.4) is 0 Å². The standard InChI is InChI=1S/C24H41N2O4.BrH/c1-4-5-6-7-8-9-10-11-12-13-15-25-17-18-26(21-25)16-14-23(27)29-19-20-30-24(28)22(2)3;/h17-18,21H,2,4-16,19-20H2,1,3H3;1H/q+1;/p-1. The third-order valence-electron chi connectivity index (χ3n) is 5.02. The Morgan fingerprint density at radius 2 is 1.52 bits per heavy atom. The van der Waals surface area contributed by atoms with Gasteiger partial charge in [0, 0.05) is 5.57 Å². The fourth-order valence-electron chi connectivity index (χ4n) is 3.19. The maximum Gasteiger partial charge on any atom is 0.333 e. The number of aryl methyl sites for hydroxylation is 2. The van der Waals surface area contributed by atoms with E-state index in [9.17, 15) is 9.59 Å². The van der Waals surface area contributed by atoms with Gasteiger partial charge < -0.3 is 26.5 Å². The van der Waals surface area contributed by atoms with Crippen LogP contribution in [0, 0.1) is 0 Å². The molecule has 1 rings (SSSR count). The van der Waals surface area contributed by atoms with Gasteiger partial charge in [-0.15, -0.1) is 0 Å². The highest BCUT2D eigenvalue weighted by molar-refractivity contribution is 5.86. The van der Waals surface area contributed by atoms with Gasteiger partial charge in [0.1, 0.15) is 32.2 Å². The maximum absolute atomic E-state index is 11.8. The molecule has 1 aromatic rings. The molecule has 0 aromatic carbocycles. The lowest BCUT2D eigenvalue weighted by atomic mass is 10.1. The highest BCUT2D eigenvalue weighted by atomic mass is 79.9. The van der Waals surface area contributed by atoms with Crippen LogP contribution in [0.4, 0.5) is 0 Å². The van der Waals surface area contributed by atoms with Crippen molar-refractivity contribution in [2.45, 2.75) is 97.6 Å². The molecule has 0 radical (unpaired) electrons. The number of nitrogens with zero attached hydrogens (tertiary/aromatic N) is 2. The number of carbonyl (C=O) groups excluding carboxylic acids is 2. The Hall–Kier alpha value is -1.63. The molecule has 0 saturated heterocycles. The van der Waals surface area contributed by atoms with Gasteiger partial charge >= 0.3 is 11.9 Å². The van der Waals surface area contributed by atoms with E-state index in [1.807, 2.05) is 17.1 Å². The van der Waals surface area contributed by atoms with Crippen molar-refractivity contribution in [3.05, 3.63) is 30.9 Å². The normalized spacial score (nSPS) is 10.4. The fourth-order valence-corrected chi connectivity index (χ4v) is 3.19. The van der Waals surface area contributed by atoms with Gasteiger partial charge in [0.15, 0.2) is 0 Å². The Bertz CT molecular complexity index is 631. The molecule has 0 bridgehead atoms. The lowest BCUT2D eigenvalue weighted by molar-refractivity contribution is -0.696. The van der Waals surface area contributed by atoms with Crippen molar-refractivity contribution >= 4 is 11.9 Å². The molecule has 0 N–H and O–H groups in total. The SMILES string of the molecule is C=C(C)C(=O)OCCOC(=O)CCn1cc[n+](CCCCCCCCCCCC)c1.[Br-]. The second-order valence-corrected chi connectivity index (χ2v) is 7.96. The Kier molecular flexibility index (Phi) is 18.1.